The molecule has 28 heavy (non-hydrogen) atoms. The van der Waals surface area contributed by atoms with E-state index in [9.17, 15) is 9.18 Å². The number of benzene rings is 2. The number of carbonyl (C=O) groups is 1. The Labute approximate surface area is 164 Å². The number of piperazine rings is 1. The second-order valence-electron chi connectivity index (χ2n) is 6.72. The van der Waals surface area contributed by atoms with Crippen LogP contribution >= 0.6 is 0 Å². The Kier molecular flexibility index (Phi) is 6.71. The van der Waals surface area contributed by atoms with E-state index in [0.717, 1.165) is 11.3 Å². The van der Waals surface area contributed by atoms with E-state index in [-0.39, 0.29) is 11.8 Å². The number of hydrogen-bond donors (Lipinski definition) is 1. The Balaban J connectivity index is 1.58. The van der Waals surface area contributed by atoms with Crippen LogP contribution in [0.25, 0.3) is 0 Å². The van der Waals surface area contributed by atoms with Crippen molar-refractivity contribution in [2.75, 3.05) is 56.7 Å². The quantitative estimate of drug-likeness (QED) is 0.771. The third kappa shape index (κ3) is 5.13. The lowest BCUT2D eigenvalue weighted by Gasteiger charge is -2.36. The van der Waals surface area contributed by atoms with Crippen LogP contribution in [0.5, 0.6) is 5.75 Å². The number of rotatable bonds is 6. The Hall–Kier alpha value is -2.80. The van der Waals surface area contributed by atoms with Crippen LogP contribution in [-0.4, -0.2) is 57.4 Å². The number of nitrogens with zero attached hydrogens (tertiary/aromatic N) is 2. The predicted octanol–water partition coefficient (Wildman–Crippen LogP) is 3.51. The number of hydrogen-bond acceptors (Lipinski definition) is 4. The number of aryl methyl sites for hydroxylation is 1. The summed E-state index contributed by atoms with van der Waals surface area (Å²) >= 11 is 0. The van der Waals surface area contributed by atoms with Crippen LogP contribution < -0.4 is 15.0 Å². The van der Waals surface area contributed by atoms with Crippen molar-refractivity contribution in [1.29, 1.82) is 0 Å². The summed E-state index contributed by atoms with van der Waals surface area (Å²) in [5.74, 6) is 0.388. The van der Waals surface area contributed by atoms with Crippen molar-refractivity contribution >= 4 is 17.4 Å². The lowest BCUT2D eigenvalue weighted by molar-refractivity contribution is 0.146. The van der Waals surface area contributed by atoms with E-state index < -0.39 is 0 Å². The van der Waals surface area contributed by atoms with Gasteiger partial charge in [-0.3, -0.25) is 0 Å². The van der Waals surface area contributed by atoms with E-state index in [1.807, 2.05) is 25.1 Å². The van der Waals surface area contributed by atoms with Crippen molar-refractivity contribution in [3.8, 4) is 5.75 Å². The molecule has 150 valence electrons. The second-order valence-corrected chi connectivity index (χ2v) is 6.72. The summed E-state index contributed by atoms with van der Waals surface area (Å²) < 4.78 is 23.8. The number of nitrogens with one attached hydrogen (secondary N) is 1. The van der Waals surface area contributed by atoms with Crippen molar-refractivity contribution in [2.24, 2.45) is 0 Å². The lowest BCUT2D eigenvalue weighted by atomic mass is 10.2. The van der Waals surface area contributed by atoms with Crippen molar-refractivity contribution < 1.29 is 18.7 Å². The minimum Gasteiger partial charge on any atom is -0.489 e. The first-order valence-electron chi connectivity index (χ1n) is 9.35. The van der Waals surface area contributed by atoms with Gasteiger partial charge in [-0.1, -0.05) is 6.07 Å². The fourth-order valence-electron chi connectivity index (χ4n) is 3.10. The van der Waals surface area contributed by atoms with E-state index >= 15 is 0 Å². The maximum absolute atomic E-state index is 13.1. The van der Waals surface area contributed by atoms with Gasteiger partial charge in [0.25, 0.3) is 0 Å². The predicted molar refractivity (Wildman–Crippen MR) is 108 cm³/mol. The number of carbonyl (C=O) groups excluding carboxylic acids is 1. The average molecular weight is 387 g/mol. The zero-order valence-electron chi connectivity index (χ0n) is 16.3. The zero-order valence-corrected chi connectivity index (χ0v) is 16.3. The van der Waals surface area contributed by atoms with E-state index in [4.69, 9.17) is 9.47 Å². The molecule has 0 radical (unpaired) electrons. The Morgan fingerprint density at radius 3 is 2.46 bits per heavy atom. The van der Waals surface area contributed by atoms with Crippen LogP contribution in [0, 0.1) is 12.7 Å². The molecule has 1 aliphatic rings. The van der Waals surface area contributed by atoms with Crippen LogP contribution in [-0.2, 0) is 4.74 Å². The molecule has 2 amide bonds. The Morgan fingerprint density at radius 1 is 1.07 bits per heavy atom. The van der Waals surface area contributed by atoms with Gasteiger partial charge in [0.1, 0.15) is 18.2 Å². The van der Waals surface area contributed by atoms with Crippen molar-refractivity contribution in [3.63, 3.8) is 0 Å². The van der Waals surface area contributed by atoms with Crippen LogP contribution in [0.4, 0.5) is 20.6 Å². The van der Waals surface area contributed by atoms with Crippen LogP contribution in [0.1, 0.15) is 5.56 Å². The maximum atomic E-state index is 13.1. The number of urea groups is 1. The minimum absolute atomic E-state index is 0.154. The molecule has 1 fully saturated rings. The largest absolute Gasteiger partial charge is 0.489 e. The molecule has 1 aliphatic heterocycles. The number of methoxy groups -OCH3 is 1. The molecular formula is C21H26FN3O3. The molecule has 0 saturated carbocycles. The first-order valence-corrected chi connectivity index (χ1v) is 9.35. The lowest BCUT2D eigenvalue weighted by Crippen LogP contribution is -2.50. The highest BCUT2D eigenvalue weighted by Crippen LogP contribution is 2.26. The summed E-state index contributed by atoms with van der Waals surface area (Å²) in [6.45, 7) is 5.45. The van der Waals surface area contributed by atoms with Gasteiger partial charge in [0.05, 0.1) is 12.3 Å². The molecule has 0 spiro atoms. The molecule has 0 aromatic heterocycles. The highest BCUT2D eigenvalue weighted by atomic mass is 19.1. The maximum Gasteiger partial charge on any atom is 0.322 e. The van der Waals surface area contributed by atoms with Gasteiger partial charge in [-0.05, 0) is 48.9 Å². The van der Waals surface area contributed by atoms with Gasteiger partial charge in [-0.25, -0.2) is 9.18 Å². The molecule has 6 nitrogen and oxygen atoms in total. The molecule has 2 aromatic rings. The van der Waals surface area contributed by atoms with Gasteiger partial charge in [-0.2, -0.15) is 0 Å². The second kappa shape index (κ2) is 9.41. The number of halogens is 1. The molecule has 3 rings (SSSR count). The molecule has 7 heteroatoms. The smallest absolute Gasteiger partial charge is 0.322 e. The molecule has 2 aromatic carbocycles. The van der Waals surface area contributed by atoms with Gasteiger partial charge in [0.15, 0.2) is 0 Å². The molecule has 0 aliphatic carbocycles. The van der Waals surface area contributed by atoms with Crippen LogP contribution in [0.2, 0.25) is 0 Å². The summed E-state index contributed by atoms with van der Waals surface area (Å²) in [6, 6.07) is 12.0. The minimum atomic E-state index is -0.247. The highest BCUT2D eigenvalue weighted by Gasteiger charge is 2.22. The van der Waals surface area contributed by atoms with Crippen LogP contribution in [0.15, 0.2) is 42.5 Å². The molecular weight excluding hydrogens is 361 g/mol. The van der Waals surface area contributed by atoms with Gasteiger partial charge >= 0.3 is 6.03 Å². The first kappa shape index (κ1) is 19.9. The molecule has 0 atom stereocenters. The Bertz CT molecular complexity index is 790. The van der Waals surface area contributed by atoms with E-state index in [1.165, 1.54) is 12.1 Å². The summed E-state index contributed by atoms with van der Waals surface area (Å²) in [6.07, 6.45) is 0. The third-order valence-electron chi connectivity index (χ3n) is 4.68. The normalized spacial score (nSPS) is 14.1. The highest BCUT2D eigenvalue weighted by molar-refractivity contribution is 5.91. The van der Waals surface area contributed by atoms with Crippen molar-refractivity contribution in [1.82, 2.24) is 4.90 Å². The molecule has 1 saturated heterocycles. The third-order valence-corrected chi connectivity index (χ3v) is 4.68. The molecule has 0 unspecified atom stereocenters. The molecule has 0 bridgehead atoms. The van der Waals surface area contributed by atoms with Crippen molar-refractivity contribution in [3.05, 3.63) is 53.8 Å². The number of ether oxygens (including phenoxy) is 2. The summed E-state index contributed by atoms with van der Waals surface area (Å²) in [5.41, 5.74) is 2.67. The van der Waals surface area contributed by atoms with Gasteiger partial charge in [0.2, 0.25) is 0 Å². The zero-order chi connectivity index (χ0) is 19.9. The van der Waals surface area contributed by atoms with Gasteiger partial charge in [0, 0.05) is 39.0 Å². The molecule has 1 heterocycles. The summed E-state index contributed by atoms with van der Waals surface area (Å²) in [4.78, 5) is 16.6. The summed E-state index contributed by atoms with van der Waals surface area (Å²) in [7, 11) is 1.62. The van der Waals surface area contributed by atoms with E-state index in [0.29, 0.717) is 50.8 Å². The SMILES string of the molecule is COCCOc1cc(C)ccc1NC(=O)N1CCN(c2ccc(F)cc2)CC1. The van der Waals surface area contributed by atoms with Crippen LogP contribution in [0.3, 0.4) is 0 Å². The summed E-state index contributed by atoms with van der Waals surface area (Å²) in [5, 5.41) is 2.95. The van der Waals surface area contributed by atoms with E-state index in [1.54, 1.807) is 24.1 Å². The number of amides is 2. The monoisotopic (exact) mass is 387 g/mol. The van der Waals surface area contributed by atoms with E-state index in [2.05, 4.69) is 10.2 Å². The fourth-order valence-corrected chi connectivity index (χ4v) is 3.10. The van der Waals surface area contributed by atoms with Crippen molar-refractivity contribution in [2.45, 2.75) is 6.92 Å². The standard InChI is InChI=1S/C21H26FN3O3/c1-16-3-8-19(20(15-16)28-14-13-27-2)23-21(26)25-11-9-24(10-12-25)18-6-4-17(22)5-7-18/h3-8,15H,9-14H2,1-2H3,(H,23,26). The fraction of sp³-hybridized carbons (Fsp3) is 0.381. The first-order chi connectivity index (χ1) is 13.6. The average Bonchev–Trinajstić information content (AvgIpc) is 2.71. The Morgan fingerprint density at radius 2 is 1.79 bits per heavy atom. The van der Waals surface area contributed by atoms with Gasteiger partial charge in [-0.15, -0.1) is 0 Å². The molecule has 1 N–H and O–H groups in total. The number of anilines is 2. The van der Waals surface area contributed by atoms with Gasteiger partial charge < -0.3 is 24.6 Å². The topological polar surface area (TPSA) is 54.0 Å².